The number of rotatable bonds is 6. The quantitative estimate of drug-likeness (QED) is 0.495. The van der Waals surface area contributed by atoms with Gasteiger partial charge in [0.2, 0.25) is 0 Å². The number of hydrogen-bond donors (Lipinski definition) is 3. The largest absolute Gasteiger partial charge is 0.380 e. The van der Waals surface area contributed by atoms with E-state index in [2.05, 4.69) is 20.4 Å². The number of carbonyl (C=O) groups excluding carboxylic acids is 2. The van der Waals surface area contributed by atoms with E-state index in [-0.39, 0.29) is 12.1 Å². The number of nitrogens with one attached hydrogen (secondary N) is 1. The standard InChI is InChI=1S/C24H26N6O4/c1-14(15-3-5-16(6-4-15)29-10-2-9-27-29)28-23(33)21(31)22(32)24(34)30-17-7-8-20(30)18-12-25-13-26-19(18)11-17/h2-6,9-10,12-14,17,20-22,31-32H,7-8,11H2,1H3,(H,28,33)/t14-,17?,20?,21-,22-/m1/s1. The zero-order valence-electron chi connectivity index (χ0n) is 18.7. The smallest absolute Gasteiger partial charge is 0.255 e. The molecule has 2 aliphatic rings. The van der Waals surface area contributed by atoms with Gasteiger partial charge in [0.15, 0.2) is 12.2 Å². The fourth-order valence-corrected chi connectivity index (χ4v) is 4.91. The molecule has 3 N–H and O–H groups in total. The highest BCUT2D eigenvalue weighted by Crippen LogP contribution is 2.43. The number of carbonyl (C=O) groups is 2. The van der Waals surface area contributed by atoms with Crippen molar-refractivity contribution in [2.75, 3.05) is 0 Å². The van der Waals surface area contributed by atoms with Gasteiger partial charge in [0.25, 0.3) is 11.8 Å². The van der Waals surface area contributed by atoms with Crippen LogP contribution in [0.3, 0.4) is 0 Å². The van der Waals surface area contributed by atoms with Gasteiger partial charge in [-0.3, -0.25) is 9.59 Å². The van der Waals surface area contributed by atoms with Crippen molar-refractivity contribution in [2.45, 2.75) is 56.5 Å². The maximum Gasteiger partial charge on any atom is 0.255 e. The maximum absolute atomic E-state index is 13.1. The van der Waals surface area contributed by atoms with Crippen LogP contribution in [0.25, 0.3) is 5.69 Å². The summed E-state index contributed by atoms with van der Waals surface area (Å²) < 4.78 is 1.72. The lowest BCUT2D eigenvalue weighted by Gasteiger charge is -2.37. The normalized spacial score (nSPS) is 21.4. The molecule has 2 aliphatic heterocycles. The number of fused-ring (bicyclic) bond motifs is 4. The molecule has 0 spiro atoms. The van der Waals surface area contributed by atoms with E-state index in [0.29, 0.717) is 6.42 Å². The van der Waals surface area contributed by atoms with Gasteiger partial charge in [-0.25, -0.2) is 14.6 Å². The lowest BCUT2D eigenvalue weighted by molar-refractivity contribution is -0.156. The molecule has 4 heterocycles. The van der Waals surface area contributed by atoms with Crippen LogP contribution in [0.2, 0.25) is 0 Å². The van der Waals surface area contributed by atoms with Crippen LogP contribution < -0.4 is 5.32 Å². The highest BCUT2D eigenvalue weighted by molar-refractivity contribution is 5.91. The van der Waals surface area contributed by atoms with Crippen molar-refractivity contribution in [3.8, 4) is 5.69 Å². The Labute approximate surface area is 196 Å². The van der Waals surface area contributed by atoms with Crippen molar-refractivity contribution in [3.05, 3.63) is 72.1 Å². The van der Waals surface area contributed by atoms with E-state index in [1.165, 1.54) is 6.33 Å². The van der Waals surface area contributed by atoms with Crippen LogP contribution in [0.1, 0.15) is 48.7 Å². The highest BCUT2D eigenvalue weighted by Gasteiger charge is 2.46. The predicted octanol–water partition coefficient (Wildman–Crippen LogP) is 0.850. The van der Waals surface area contributed by atoms with Crippen molar-refractivity contribution in [3.63, 3.8) is 0 Å². The molecule has 10 nitrogen and oxygen atoms in total. The molecule has 1 aromatic carbocycles. The third-order valence-electron chi connectivity index (χ3n) is 6.71. The second-order valence-corrected chi connectivity index (χ2v) is 8.78. The van der Waals surface area contributed by atoms with Crippen LogP contribution >= 0.6 is 0 Å². The van der Waals surface area contributed by atoms with Gasteiger partial charge >= 0.3 is 0 Å². The maximum atomic E-state index is 13.1. The summed E-state index contributed by atoms with van der Waals surface area (Å²) in [4.78, 5) is 35.7. The zero-order chi connectivity index (χ0) is 23.8. The first-order valence-electron chi connectivity index (χ1n) is 11.3. The molecule has 10 heteroatoms. The zero-order valence-corrected chi connectivity index (χ0v) is 18.7. The van der Waals surface area contributed by atoms with E-state index < -0.39 is 30.1 Å². The summed E-state index contributed by atoms with van der Waals surface area (Å²) in [5, 5.41) is 28.0. The Morgan fingerprint density at radius 3 is 2.68 bits per heavy atom. The molecule has 2 amide bonds. The number of aliphatic hydroxyl groups excluding tert-OH is 2. The first-order valence-corrected chi connectivity index (χ1v) is 11.3. The summed E-state index contributed by atoms with van der Waals surface area (Å²) in [6.07, 6.45) is 5.04. The molecule has 3 aromatic rings. The number of hydrogen-bond acceptors (Lipinski definition) is 7. The average Bonchev–Trinajstić information content (AvgIpc) is 3.50. The summed E-state index contributed by atoms with van der Waals surface area (Å²) in [6, 6.07) is 8.46. The molecular formula is C24H26N6O4. The second kappa shape index (κ2) is 8.96. The number of aliphatic hydroxyl groups is 2. The third-order valence-corrected chi connectivity index (χ3v) is 6.71. The van der Waals surface area contributed by atoms with Crippen molar-refractivity contribution in [1.82, 2.24) is 30.0 Å². The molecule has 2 bridgehead atoms. The van der Waals surface area contributed by atoms with Crippen LogP contribution in [0.15, 0.2) is 55.2 Å². The molecular weight excluding hydrogens is 436 g/mol. The minimum Gasteiger partial charge on any atom is -0.380 e. The first-order chi connectivity index (χ1) is 16.4. The molecule has 0 radical (unpaired) electrons. The Morgan fingerprint density at radius 2 is 1.94 bits per heavy atom. The van der Waals surface area contributed by atoms with E-state index in [1.54, 1.807) is 28.9 Å². The van der Waals surface area contributed by atoms with Gasteiger partial charge < -0.3 is 20.4 Å². The molecule has 0 aliphatic carbocycles. The minimum atomic E-state index is -1.88. The first kappa shape index (κ1) is 22.2. The molecule has 1 saturated heterocycles. The van der Waals surface area contributed by atoms with Crippen molar-refractivity contribution in [1.29, 1.82) is 0 Å². The van der Waals surface area contributed by atoms with Gasteiger partial charge in [-0.2, -0.15) is 5.10 Å². The van der Waals surface area contributed by atoms with Crippen LogP contribution in [0, 0.1) is 0 Å². The van der Waals surface area contributed by atoms with E-state index in [9.17, 15) is 19.8 Å². The Kier molecular flexibility index (Phi) is 5.84. The van der Waals surface area contributed by atoms with Gasteiger partial charge in [0, 0.05) is 36.6 Å². The molecule has 1 fully saturated rings. The monoisotopic (exact) mass is 462 g/mol. The van der Waals surface area contributed by atoms with E-state index in [0.717, 1.165) is 35.3 Å². The molecule has 2 aromatic heterocycles. The fourth-order valence-electron chi connectivity index (χ4n) is 4.91. The van der Waals surface area contributed by atoms with Gasteiger partial charge in [-0.1, -0.05) is 12.1 Å². The Balaban J connectivity index is 1.23. The third kappa shape index (κ3) is 3.95. The lowest BCUT2D eigenvalue weighted by Crippen LogP contribution is -2.53. The van der Waals surface area contributed by atoms with Crippen molar-refractivity contribution < 1.29 is 19.8 Å². The van der Waals surface area contributed by atoms with E-state index in [4.69, 9.17) is 0 Å². The van der Waals surface area contributed by atoms with Crippen LogP contribution in [0.4, 0.5) is 0 Å². The van der Waals surface area contributed by atoms with Gasteiger partial charge in [-0.05, 0) is 43.5 Å². The fraction of sp³-hybridized carbons (Fsp3) is 0.375. The Bertz CT molecular complexity index is 1180. The van der Waals surface area contributed by atoms with Gasteiger partial charge in [-0.15, -0.1) is 0 Å². The van der Waals surface area contributed by atoms with Crippen molar-refractivity contribution >= 4 is 11.8 Å². The number of nitrogens with zero attached hydrogens (tertiary/aromatic N) is 5. The molecule has 2 unspecified atom stereocenters. The molecule has 5 atom stereocenters. The number of amides is 2. The molecule has 34 heavy (non-hydrogen) atoms. The summed E-state index contributed by atoms with van der Waals surface area (Å²) in [5.74, 6) is -1.46. The predicted molar refractivity (Wildman–Crippen MR) is 120 cm³/mol. The van der Waals surface area contributed by atoms with E-state index >= 15 is 0 Å². The van der Waals surface area contributed by atoms with E-state index in [1.807, 2.05) is 36.5 Å². The van der Waals surface area contributed by atoms with Crippen LogP contribution in [-0.4, -0.2) is 64.9 Å². The Hall–Kier alpha value is -3.63. The van der Waals surface area contributed by atoms with Crippen LogP contribution in [-0.2, 0) is 16.0 Å². The molecule has 176 valence electrons. The number of benzene rings is 1. The topological polar surface area (TPSA) is 133 Å². The highest BCUT2D eigenvalue weighted by atomic mass is 16.3. The number of aromatic nitrogens is 4. The summed E-state index contributed by atoms with van der Waals surface area (Å²) in [5.41, 5.74) is 3.45. The van der Waals surface area contributed by atoms with Crippen molar-refractivity contribution in [2.24, 2.45) is 0 Å². The lowest BCUT2D eigenvalue weighted by atomic mass is 9.98. The van der Waals surface area contributed by atoms with Gasteiger partial charge in [0.05, 0.1) is 23.5 Å². The average molecular weight is 463 g/mol. The molecule has 0 saturated carbocycles. The summed E-state index contributed by atoms with van der Waals surface area (Å²) in [6.45, 7) is 1.77. The van der Waals surface area contributed by atoms with Crippen LogP contribution in [0.5, 0.6) is 0 Å². The summed E-state index contributed by atoms with van der Waals surface area (Å²) >= 11 is 0. The van der Waals surface area contributed by atoms with Gasteiger partial charge in [0.1, 0.15) is 6.33 Å². The SMILES string of the molecule is C[C@@H](NC(=O)[C@H](O)[C@@H](O)C(=O)N1C2CCC1c1cncnc1C2)c1ccc(-n2cccn2)cc1. The Morgan fingerprint density at radius 1 is 1.15 bits per heavy atom. The molecule has 5 rings (SSSR count). The second-order valence-electron chi connectivity index (χ2n) is 8.78. The summed E-state index contributed by atoms with van der Waals surface area (Å²) in [7, 11) is 0. The minimum absolute atomic E-state index is 0.114.